The largest absolute Gasteiger partial charge is 0.392 e. The second-order valence-corrected chi connectivity index (χ2v) is 5.07. The smallest absolute Gasteiger partial charge is 0.0664 e. The highest BCUT2D eigenvalue weighted by Gasteiger charge is 2.23. The van der Waals surface area contributed by atoms with Gasteiger partial charge in [-0.3, -0.25) is 4.90 Å². The summed E-state index contributed by atoms with van der Waals surface area (Å²) in [5.41, 5.74) is 1.45. The SMILES string of the molecule is CC(O)C(C)N1CCc2sccc2C1. The van der Waals surface area contributed by atoms with Gasteiger partial charge < -0.3 is 5.11 Å². The molecule has 0 radical (unpaired) electrons. The molecule has 1 aliphatic heterocycles. The van der Waals surface area contributed by atoms with Gasteiger partial charge >= 0.3 is 0 Å². The molecule has 0 saturated carbocycles. The maximum Gasteiger partial charge on any atom is 0.0664 e. The highest BCUT2D eigenvalue weighted by molar-refractivity contribution is 7.10. The Bertz CT molecular complexity index is 308. The Kier molecular flexibility index (Phi) is 2.91. The molecule has 0 bridgehead atoms. The molecule has 0 aromatic carbocycles. The zero-order chi connectivity index (χ0) is 10.1. The molecule has 0 fully saturated rings. The van der Waals surface area contributed by atoms with Crippen LogP contribution in [0.25, 0.3) is 0 Å². The van der Waals surface area contributed by atoms with Crippen molar-refractivity contribution in [2.45, 2.75) is 39.0 Å². The van der Waals surface area contributed by atoms with Crippen molar-refractivity contribution < 1.29 is 5.11 Å². The number of aliphatic hydroxyl groups is 1. The van der Waals surface area contributed by atoms with Crippen molar-refractivity contribution in [2.75, 3.05) is 6.54 Å². The Morgan fingerprint density at radius 1 is 1.50 bits per heavy atom. The second-order valence-electron chi connectivity index (χ2n) is 4.07. The van der Waals surface area contributed by atoms with E-state index in [-0.39, 0.29) is 12.1 Å². The molecule has 3 heteroatoms. The molecule has 2 atom stereocenters. The maximum absolute atomic E-state index is 9.53. The molecule has 2 rings (SSSR count). The van der Waals surface area contributed by atoms with E-state index in [9.17, 15) is 5.11 Å². The molecule has 78 valence electrons. The van der Waals surface area contributed by atoms with Crippen LogP contribution >= 0.6 is 11.3 Å². The normalized spacial score (nSPS) is 21.6. The third-order valence-corrected chi connectivity index (χ3v) is 4.13. The van der Waals surface area contributed by atoms with Crippen LogP contribution in [-0.4, -0.2) is 28.7 Å². The maximum atomic E-state index is 9.53. The van der Waals surface area contributed by atoms with Crippen LogP contribution in [0.4, 0.5) is 0 Å². The molecule has 1 aromatic rings. The van der Waals surface area contributed by atoms with E-state index in [1.807, 2.05) is 18.3 Å². The Balaban J connectivity index is 2.07. The van der Waals surface area contributed by atoms with Crippen LogP contribution in [0.1, 0.15) is 24.3 Å². The quantitative estimate of drug-likeness (QED) is 0.807. The Morgan fingerprint density at radius 3 is 3.00 bits per heavy atom. The van der Waals surface area contributed by atoms with Gasteiger partial charge in [-0.05, 0) is 37.3 Å². The van der Waals surface area contributed by atoms with Gasteiger partial charge in [0.1, 0.15) is 0 Å². The second kappa shape index (κ2) is 4.01. The van der Waals surface area contributed by atoms with Crippen molar-refractivity contribution in [2.24, 2.45) is 0 Å². The van der Waals surface area contributed by atoms with Crippen LogP contribution in [0.2, 0.25) is 0 Å². The molecule has 14 heavy (non-hydrogen) atoms. The molecular formula is C11H17NOS. The minimum absolute atomic E-state index is 0.241. The Labute approximate surface area is 89.2 Å². The van der Waals surface area contributed by atoms with Gasteiger partial charge in [0.2, 0.25) is 0 Å². The van der Waals surface area contributed by atoms with Gasteiger partial charge in [0, 0.05) is 24.0 Å². The van der Waals surface area contributed by atoms with Crippen molar-refractivity contribution in [3.05, 3.63) is 21.9 Å². The standard InChI is InChI=1S/C11H17NOS/c1-8(9(2)13)12-5-3-11-10(7-12)4-6-14-11/h4,6,8-9,13H,3,5,7H2,1-2H3. The molecule has 1 aromatic heterocycles. The van der Waals surface area contributed by atoms with Crippen LogP contribution in [0, 0.1) is 0 Å². The first kappa shape index (κ1) is 10.1. The zero-order valence-corrected chi connectivity index (χ0v) is 9.55. The highest BCUT2D eigenvalue weighted by atomic mass is 32.1. The average Bonchev–Trinajstić information content (AvgIpc) is 2.62. The van der Waals surface area contributed by atoms with Crippen molar-refractivity contribution in [3.8, 4) is 0 Å². The fourth-order valence-corrected chi connectivity index (χ4v) is 2.81. The molecule has 0 saturated heterocycles. The summed E-state index contributed by atoms with van der Waals surface area (Å²) in [6.45, 7) is 6.06. The molecule has 0 spiro atoms. The van der Waals surface area contributed by atoms with E-state index in [4.69, 9.17) is 0 Å². The number of fused-ring (bicyclic) bond motifs is 1. The number of hydrogen-bond acceptors (Lipinski definition) is 3. The van der Waals surface area contributed by atoms with E-state index >= 15 is 0 Å². The summed E-state index contributed by atoms with van der Waals surface area (Å²) in [7, 11) is 0. The van der Waals surface area contributed by atoms with Crippen LogP contribution in [-0.2, 0) is 13.0 Å². The molecule has 2 unspecified atom stereocenters. The summed E-state index contributed by atoms with van der Waals surface area (Å²) >= 11 is 1.86. The molecule has 1 aliphatic rings. The lowest BCUT2D eigenvalue weighted by molar-refractivity contribution is 0.0631. The van der Waals surface area contributed by atoms with E-state index in [0.29, 0.717) is 0 Å². The zero-order valence-electron chi connectivity index (χ0n) is 8.73. The van der Waals surface area contributed by atoms with Crippen molar-refractivity contribution >= 4 is 11.3 Å². The van der Waals surface area contributed by atoms with Crippen LogP contribution in [0.3, 0.4) is 0 Å². The summed E-state index contributed by atoms with van der Waals surface area (Å²) in [6.07, 6.45) is 0.902. The van der Waals surface area contributed by atoms with Gasteiger partial charge in [0.25, 0.3) is 0 Å². The minimum Gasteiger partial charge on any atom is -0.392 e. The molecule has 2 nitrogen and oxygen atoms in total. The van der Waals surface area contributed by atoms with Crippen LogP contribution in [0.5, 0.6) is 0 Å². The van der Waals surface area contributed by atoms with E-state index in [0.717, 1.165) is 19.5 Å². The third-order valence-electron chi connectivity index (χ3n) is 3.11. The van der Waals surface area contributed by atoms with Gasteiger partial charge in [0.15, 0.2) is 0 Å². The van der Waals surface area contributed by atoms with E-state index in [1.54, 1.807) is 0 Å². The predicted octanol–water partition coefficient (Wildman–Crippen LogP) is 1.88. The Hall–Kier alpha value is -0.380. The lowest BCUT2D eigenvalue weighted by atomic mass is 10.1. The van der Waals surface area contributed by atoms with Gasteiger partial charge in [-0.1, -0.05) is 0 Å². The minimum atomic E-state index is -0.241. The number of thiophene rings is 1. The number of nitrogens with zero attached hydrogens (tertiary/aromatic N) is 1. The summed E-state index contributed by atoms with van der Waals surface area (Å²) < 4.78 is 0. The monoisotopic (exact) mass is 211 g/mol. The summed E-state index contributed by atoms with van der Waals surface area (Å²) in [4.78, 5) is 3.89. The average molecular weight is 211 g/mol. The fraction of sp³-hybridized carbons (Fsp3) is 0.636. The summed E-state index contributed by atoms with van der Waals surface area (Å²) in [6, 6.07) is 2.48. The Morgan fingerprint density at radius 2 is 2.29 bits per heavy atom. The molecule has 1 N–H and O–H groups in total. The highest BCUT2D eigenvalue weighted by Crippen LogP contribution is 2.25. The predicted molar refractivity (Wildman–Crippen MR) is 59.6 cm³/mol. The van der Waals surface area contributed by atoms with Crippen molar-refractivity contribution in [1.29, 1.82) is 0 Å². The first-order valence-electron chi connectivity index (χ1n) is 5.16. The molecular weight excluding hydrogens is 194 g/mol. The lowest BCUT2D eigenvalue weighted by Crippen LogP contribution is -2.42. The van der Waals surface area contributed by atoms with Gasteiger partial charge in [-0.2, -0.15) is 0 Å². The van der Waals surface area contributed by atoms with Gasteiger partial charge in [0.05, 0.1) is 6.10 Å². The third kappa shape index (κ3) is 1.85. The van der Waals surface area contributed by atoms with Gasteiger partial charge in [-0.25, -0.2) is 0 Å². The van der Waals surface area contributed by atoms with E-state index in [1.165, 1.54) is 10.4 Å². The van der Waals surface area contributed by atoms with Crippen molar-refractivity contribution in [3.63, 3.8) is 0 Å². The lowest BCUT2D eigenvalue weighted by Gasteiger charge is -2.33. The van der Waals surface area contributed by atoms with Crippen LogP contribution < -0.4 is 0 Å². The number of hydrogen-bond donors (Lipinski definition) is 1. The van der Waals surface area contributed by atoms with E-state index in [2.05, 4.69) is 23.3 Å². The first-order valence-corrected chi connectivity index (χ1v) is 6.04. The number of rotatable bonds is 2. The van der Waals surface area contributed by atoms with E-state index < -0.39 is 0 Å². The molecule has 0 aliphatic carbocycles. The van der Waals surface area contributed by atoms with Gasteiger partial charge in [-0.15, -0.1) is 11.3 Å². The topological polar surface area (TPSA) is 23.5 Å². The summed E-state index contributed by atoms with van der Waals surface area (Å²) in [5.74, 6) is 0. The number of aliphatic hydroxyl groups excluding tert-OH is 1. The molecule has 0 amide bonds. The first-order chi connectivity index (χ1) is 6.68. The fourth-order valence-electron chi connectivity index (χ4n) is 1.92. The van der Waals surface area contributed by atoms with Crippen molar-refractivity contribution in [1.82, 2.24) is 4.90 Å². The summed E-state index contributed by atoms with van der Waals surface area (Å²) in [5, 5.41) is 11.7. The molecule has 2 heterocycles. The van der Waals surface area contributed by atoms with Crippen LogP contribution in [0.15, 0.2) is 11.4 Å².